The van der Waals surface area contributed by atoms with E-state index in [9.17, 15) is 8.42 Å². The van der Waals surface area contributed by atoms with Gasteiger partial charge >= 0.3 is 0 Å². The van der Waals surface area contributed by atoms with Crippen molar-refractivity contribution in [2.75, 3.05) is 25.5 Å². The Morgan fingerprint density at radius 2 is 1.89 bits per heavy atom. The number of aromatic nitrogens is 1. The minimum absolute atomic E-state index is 0.177. The topological polar surface area (TPSA) is 65.2 Å². The Morgan fingerprint density at radius 3 is 2.67 bits per heavy atom. The fraction of sp³-hybridized carbons (Fsp3) is 0.300. The smallest absolute Gasteiger partial charge is 0.221 e. The van der Waals surface area contributed by atoms with Gasteiger partial charge in [0, 0.05) is 27.7 Å². The van der Waals surface area contributed by atoms with Crippen LogP contribution in [0.2, 0.25) is 5.02 Å². The maximum absolute atomic E-state index is 13.1. The highest BCUT2D eigenvalue weighted by Crippen LogP contribution is 2.28. The third kappa shape index (κ3) is 3.83. The van der Waals surface area contributed by atoms with Gasteiger partial charge in [0.15, 0.2) is 0 Å². The monoisotopic (exact) mass is 403 g/mol. The van der Waals surface area contributed by atoms with Crippen LogP contribution in [0.1, 0.15) is 12.8 Å². The van der Waals surface area contributed by atoms with Gasteiger partial charge in [-0.25, -0.2) is 8.42 Å². The second kappa shape index (κ2) is 7.19. The predicted octanol–water partition coefficient (Wildman–Crippen LogP) is 4.16. The minimum atomic E-state index is -3.63. The van der Waals surface area contributed by atoms with Gasteiger partial charge in [0.2, 0.25) is 9.84 Å². The summed E-state index contributed by atoms with van der Waals surface area (Å²) in [4.78, 5) is 5.58. The van der Waals surface area contributed by atoms with Crippen LogP contribution in [-0.2, 0) is 9.84 Å². The number of halogens is 1. The summed E-state index contributed by atoms with van der Waals surface area (Å²) in [5, 5.41) is 5.02. The number of nitrogens with one attached hydrogen (secondary N) is 2. The lowest BCUT2D eigenvalue weighted by molar-refractivity contribution is 0.264. The first-order valence-electron chi connectivity index (χ1n) is 9.00. The molecule has 142 valence electrons. The molecule has 4 rings (SSSR count). The lowest BCUT2D eigenvalue weighted by atomic mass is 10.1. The number of piperidine rings is 1. The molecule has 0 spiro atoms. The van der Waals surface area contributed by atoms with Crippen molar-refractivity contribution >= 4 is 38.0 Å². The number of benzene rings is 2. The van der Waals surface area contributed by atoms with E-state index >= 15 is 0 Å². The summed E-state index contributed by atoms with van der Waals surface area (Å²) in [6.45, 7) is 2.10. The first-order valence-corrected chi connectivity index (χ1v) is 10.9. The van der Waals surface area contributed by atoms with Gasteiger partial charge in [-0.2, -0.15) is 0 Å². The van der Waals surface area contributed by atoms with Crippen molar-refractivity contribution in [3.63, 3.8) is 0 Å². The van der Waals surface area contributed by atoms with Crippen molar-refractivity contribution in [3.8, 4) is 0 Å². The second-order valence-electron chi connectivity index (χ2n) is 7.12. The molecule has 2 N–H and O–H groups in total. The first-order chi connectivity index (χ1) is 12.9. The van der Waals surface area contributed by atoms with Crippen LogP contribution < -0.4 is 5.32 Å². The molecule has 2 heterocycles. The van der Waals surface area contributed by atoms with Crippen LogP contribution in [0.5, 0.6) is 0 Å². The number of rotatable bonds is 4. The molecular weight excluding hydrogens is 382 g/mol. The van der Waals surface area contributed by atoms with Crippen LogP contribution in [-0.4, -0.2) is 44.5 Å². The van der Waals surface area contributed by atoms with E-state index in [1.807, 2.05) is 6.07 Å². The van der Waals surface area contributed by atoms with Crippen molar-refractivity contribution in [1.29, 1.82) is 0 Å². The van der Waals surface area contributed by atoms with Gasteiger partial charge in [-0.05, 0) is 75.4 Å². The molecule has 7 heteroatoms. The van der Waals surface area contributed by atoms with Gasteiger partial charge in [0.25, 0.3) is 0 Å². The van der Waals surface area contributed by atoms with E-state index in [1.165, 1.54) is 0 Å². The number of fused-ring (bicyclic) bond motifs is 1. The third-order valence-corrected chi connectivity index (χ3v) is 6.99. The summed E-state index contributed by atoms with van der Waals surface area (Å²) in [6.07, 6.45) is 2.10. The molecule has 0 saturated carbocycles. The number of nitrogens with zero attached hydrogens (tertiary/aromatic N) is 1. The van der Waals surface area contributed by atoms with Gasteiger partial charge in [0.05, 0.1) is 4.90 Å². The zero-order chi connectivity index (χ0) is 19.0. The Morgan fingerprint density at radius 1 is 1.11 bits per heavy atom. The Hall–Kier alpha value is -2.02. The zero-order valence-electron chi connectivity index (χ0n) is 15.1. The summed E-state index contributed by atoms with van der Waals surface area (Å²) >= 11 is 6.01. The number of anilines is 1. The van der Waals surface area contributed by atoms with Crippen molar-refractivity contribution in [2.24, 2.45) is 0 Å². The van der Waals surface area contributed by atoms with Crippen LogP contribution in [0.25, 0.3) is 10.9 Å². The predicted molar refractivity (Wildman–Crippen MR) is 109 cm³/mol. The Balaban J connectivity index is 1.61. The first kappa shape index (κ1) is 18.3. The molecule has 0 radical (unpaired) electrons. The summed E-state index contributed by atoms with van der Waals surface area (Å²) in [6, 6.07) is 14.3. The highest BCUT2D eigenvalue weighted by Gasteiger charge is 2.22. The van der Waals surface area contributed by atoms with Crippen molar-refractivity contribution in [1.82, 2.24) is 9.88 Å². The summed E-state index contributed by atoms with van der Waals surface area (Å²) in [5.41, 5.74) is 1.59. The summed E-state index contributed by atoms with van der Waals surface area (Å²) < 4.78 is 26.2. The van der Waals surface area contributed by atoms with Crippen LogP contribution in [0, 0.1) is 0 Å². The molecule has 0 amide bonds. The normalized spacial score (nSPS) is 16.7. The Labute approximate surface area is 164 Å². The molecule has 1 aliphatic heterocycles. The molecule has 0 aliphatic carbocycles. The molecule has 1 aliphatic rings. The van der Waals surface area contributed by atoms with Crippen LogP contribution in [0.4, 0.5) is 5.69 Å². The van der Waals surface area contributed by atoms with Gasteiger partial charge < -0.3 is 15.2 Å². The fourth-order valence-corrected chi connectivity index (χ4v) is 4.99. The van der Waals surface area contributed by atoms with Crippen LogP contribution in [0.3, 0.4) is 0 Å². The van der Waals surface area contributed by atoms with Crippen molar-refractivity contribution in [3.05, 3.63) is 53.6 Å². The zero-order valence-corrected chi connectivity index (χ0v) is 16.6. The molecular formula is C20H22ClN3O2S. The quantitative estimate of drug-likeness (QED) is 0.686. The average Bonchev–Trinajstić information content (AvgIpc) is 3.08. The highest BCUT2D eigenvalue weighted by atomic mass is 35.5. The van der Waals surface area contributed by atoms with Gasteiger partial charge in [-0.1, -0.05) is 17.7 Å². The number of hydrogen-bond donors (Lipinski definition) is 2. The lowest BCUT2D eigenvalue weighted by Crippen LogP contribution is -2.36. The number of aromatic amines is 1. The molecule has 0 bridgehead atoms. The van der Waals surface area contributed by atoms with Gasteiger partial charge in [0.1, 0.15) is 5.03 Å². The lowest BCUT2D eigenvalue weighted by Gasteiger charge is -2.30. The Kier molecular flexibility index (Phi) is 4.88. The summed E-state index contributed by atoms with van der Waals surface area (Å²) in [7, 11) is -1.51. The molecule has 5 nitrogen and oxygen atoms in total. The second-order valence-corrected chi connectivity index (χ2v) is 9.47. The minimum Gasteiger partial charge on any atom is -0.382 e. The van der Waals surface area contributed by atoms with E-state index < -0.39 is 9.84 Å². The third-order valence-electron chi connectivity index (χ3n) is 5.08. The van der Waals surface area contributed by atoms with E-state index in [4.69, 9.17) is 11.6 Å². The van der Waals surface area contributed by atoms with Crippen LogP contribution in [0.15, 0.2) is 58.5 Å². The molecule has 1 saturated heterocycles. The van der Waals surface area contributed by atoms with E-state index in [0.29, 0.717) is 11.1 Å². The SMILES string of the molecule is CN1CCC(Nc2cccc(S(=O)(=O)c3cc4cc(Cl)ccc4[nH]3)c2)CC1. The van der Waals surface area contributed by atoms with Crippen LogP contribution >= 0.6 is 11.6 Å². The molecule has 27 heavy (non-hydrogen) atoms. The van der Waals surface area contributed by atoms with E-state index in [0.717, 1.165) is 42.5 Å². The van der Waals surface area contributed by atoms with E-state index in [2.05, 4.69) is 22.2 Å². The molecule has 3 aromatic rings. The standard InChI is InChI=1S/C20H22ClN3O2S/c1-24-9-7-16(8-10-24)22-17-3-2-4-18(13-17)27(25,26)20-12-14-11-15(21)5-6-19(14)23-20/h2-6,11-13,16,22-23H,7-10H2,1H3. The van der Waals surface area contributed by atoms with Crippen molar-refractivity contribution in [2.45, 2.75) is 28.8 Å². The number of H-pyrrole nitrogens is 1. The largest absolute Gasteiger partial charge is 0.382 e. The number of sulfone groups is 1. The average molecular weight is 404 g/mol. The highest BCUT2D eigenvalue weighted by molar-refractivity contribution is 7.91. The van der Waals surface area contributed by atoms with Crippen molar-refractivity contribution < 1.29 is 8.42 Å². The maximum Gasteiger partial charge on any atom is 0.221 e. The number of hydrogen-bond acceptors (Lipinski definition) is 4. The van der Waals surface area contributed by atoms with E-state index in [-0.39, 0.29) is 9.92 Å². The van der Waals surface area contributed by atoms with Gasteiger partial charge in [-0.15, -0.1) is 0 Å². The van der Waals surface area contributed by atoms with Gasteiger partial charge in [-0.3, -0.25) is 0 Å². The molecule has 1 fully saturated rings. The molecule has 1 aromatic heterocycles. The Bertz CT molecular complexity index is 1070. The summed E-state index contributed by atoms with van der Waals surface area (Å²) in [5.74, 6) is 0. The number of likely N-dealkylation sites (tertiary alicyclic amines) is 1. The maximum atomic E-state index is 13.1. The van der Waals surface area contributed by atoms with E-state index in [1.54, 1.807) is 42.5 Å². The molecule has 0 unspecified atom stereocenters. The molecule has 0 atom stereocenters. The fourth-order valence-electron chi connectivity index (χ4n) is 3.49. The molecule has 2 aromatic carbocycles.